The standard InChI is InChI=1S/C11H19N7O2/c1-20-11-15-9(17-13)14-10(16-11)18-4-2-7(3-5-18)6-8(12)19/h7H,2-6,13H2,1H3,(H2,12,19)(H,14,15,16,17). The normalized spacial score (nSPS) is 16.0. The zero-order chi connectivity index (χ0) is 14.5. The molecule has 2 heterocycles. The van der Waals surface area contributed by atoms with Gasteiger partial charge in [-0.15, -0.1) is 0 Å². The van der Waals surface area contributed by atoms with Gasteiger partial charge in [-0.3, -0.25) is 10.2 Å². The van der Waals surface area contributed by atoms with E-state index < -0.39 is 0 Å². The Labute approximate surface area is 116 Å². The molecule has 0 spiro atoms. The third kappa shape index (κ3) is 3.44. The summed E-state index contributed by atoms with van der Waals surface area (Å²) in [4.78, 5) is 25.3. The largest absolute Gasteiger partial charge is 0.467 e. The monoisotopic (exact) mass is 281 g/mol. The van der Waals surface area contributed by atoms with Crippen molar-refractivity contribution >= 4 is 17.8 Å². The van der Waals surface area contributed by atoms with E-state index in [4.69, 9.17) is 16.3 Å². The number of aromatic nitrogens is 3. The van der Waals surface area contributed by atoms with Crippen LogP contribution in [-0.4, -0.2) is 41.1 Å². The van der Waals surface area contributed by atoms with Crippen molar-refractivity contribution in [2.75, 3.05) is 30.5 Å². The molecule has 1 aromatic heterocycles. The van der Waals surface area contributed by atoms with Gasteiger partial charge in [0.25, 0.3) is 0 Å². The number of rotatable bonds is 5. The molecule has 20 heavy (non-hydrogen) atoms. The van der Waals surface area contributed by atoms with Crippen molar-refractivity contribution in [2.45, 2.75) is 19.3 Å². The first-order chi connectivity index (χ1) is 9.62. The Morgan fingerprint density at radius 1 is 1.40 bits per heavy atom. The molecule has 0 atom stereocenters. The van der Waals surface area contributed by atoms with Crippen LogP contribution in [0, 0.1) is 5.92 Å². The number of nitrogens with one attached hydrogen (secondary N) is 1. The molecule has 9 nitrogen and oxygen atoms in total. The molecule has 0 bridgehead atoms. The van der Waals surface area contributed by atoms with Crippen molar-refractivity contribution in [3.8, 4) is 6.01 Å². The summed E-state index contributed by atoms with van der Waals surface area (Å²) in [6.45, 7) is 1.52. The zero-order valence-corrected chi connectivity index (χ0v) is 11.4. The van der Waals surface area contributed by atoms with E-state index in [2.05, 4.69) is 20.4 Å². The van der Waals surface area contributed by atoms with Crippen molar-refractivity contribution < 1.29 is 9.53 Å². The second kappa shape index (κ2) is 6.33. The first kappa shape index (κ1) is 14.3. The molecular weight excluding hydrogens is 262 g/mol. The fourth-order valence-corrected chi connectivity index (χ4v) is 2.26. The number of piperidine rings is 1. The Hall–Kier alpha value is -2.16. The van der Waals surface area contributed by atoms with Crippen LogP contribution >= 0.6 is 0 Å². The van der Waals surface area contributed by atoms with Gasteiger partial charge in [0.2, 0.25) is 17.8 Å². The molecule has 1 aliphatic heterocycles. The quantitative estimate of drug-likeness (QED) is 0.474. The fourth-order valence-electron chi connectivity index (χ4n) is 2.26. The van der Waals surface area contributed by atoms with Crippen LogP contribution in [-0.2, 0) is 4.79 Å². The highest BCUT2D eigenvalue weighted by molar-refractivity contribution is 5.74. The molecule has 1 saturated heterocycles. The first-order valence-corrected chi connectivity index (χ1v) is 6.42. The summed E-state index contributed by atoms with van der Waals surface area (Å²) >= 11 is 0. The van der Waals surface area contributed by atoms with Crippen LogP contribution in [0.15, 0.2) is 0 Å². The minimum atomic E-state index is -0.250. The molecule has 1 amide bonds. The van der Waals surface area contributed by atoms with Gasteiger partial charge in [-0.25, -0.2) is 5.84 Å². The third-order valence-corrected chi connectivity index (χ3v) is 3.30. The lowest BCUT2D eigenvalue weighted by atomic mass is 9.93. The number of amides is 1. The summed E-state index contributed by atoms with van der Waals surface area (Å²) in [7, 11) is 1.48. The fraction of sp³-hybridized carbons (Fsp3) is 0.636. The molecule has 9 heteroatoms. The maximum absolute atomic E-state index is 10.9. The number of carbonyl (C=O) groups excluding carboxylic acids is 1. The van der Waals surface area contributed by atoms with Crippen molar-refractivity contribution in [1.82, 2.24) is 15.0 Å². The number of hydrogen-bond donors (Lipinski definition) is 3. The lowest BCUT2D eigenvalue weighted by Crippen LogP contribution is -2.36. The molecule has 0 aromatic carbocycles. The molecule has 0 aliphatic carbocycles. The second-order valence-corrected chi connectivity index (χ2v) is 4.69. The molecule has 0 radical (unpaired) electrons. The number of nitrogens with zero attached hydrogens (tertiary/aromatic N) is 4. The van der Waals surface area contributed by atoms with Gasteiger partial charge in [-0.2, -0.15) is 15.0 Å². The lowest BCUT2D eigenvalue weighted by Gasteiger charge is -2.31. The van der Waals surface area contributed by atoms with Gasteiger partial charge in [0, 0.05) is 19.5 Å². The van der Waals surface area contributed by atoms with E-state index in [0.29, 0.717) is 18.3 Å². The van der Waals surface area contributed by atoms with E-state index in [0.717, 1.165) is 25.9 Å². The molecule has 2 rings (SSSR count). The van der Waals surface area contributed by atoms with Crippen LogP contribution in [0.3, 0.4) is 0 Å². The van der Waals surface area contributed by atoms with Gasteiger partial charge < -0.3 is 15.4 Å². The van der Waals surface area contributed by atoms with Crippen LogP contribution in [0.5, 0.6) is 6.01 Å². The molecule has 1 fully saturated rings. The molecule has 1 aliphatic rings. The number of hydrogen-bond acceptors (Lipinski definition) is 8. The zero-order valence-electron chi connectivity index (χ0n) is 11.4. The van der Waals surface area contributed by atoms with E-state index in [1.54, 1.807) is 0 Å². The smallest absolute Gasteiger partial charge is 0.322 e. The van der Waals surface area contributed by atoms with Gasteiger partial charge in [0.15, 0.2) is 0 Å². The number of methoxy groups -OCH3 is 1. The van der Waals surface area contributed by atoms with Gasteiger partial charge in [0.1, 0.15) is 0 Å². The summed E-state index contributed by atoms with van der Waals surface area (Å²) in [5.41, 5.74) is 7.61. The maximum Gasteiger partial charge on any atom is 0.322 e. The van der Waals surface area contributed by atoms with Crippen molar-refractivity contribution in [3.63, 3.8) is 0 Å². The van der Waals surface area contributed by atoms with E-state index in [9.17, 15) is 4.79 Å². The summed E-state index contributed by atoms with van der Waals surface area (Å²) in [6, 6.07) is 0.210. The van der Waals surface area contributed by atoms with Crippen LogP contribution < -0.4 is 26.6 Å². The summed E-state index contributed by atoms with van der Waals surface area (Å²) in [5, 5.41) is 0. The second-order valence-electron chi connectivity index (χ2n) is 4.69. The Morgan fingerprint density at radius 3 is 2.65 bits per heavy atom. The SMILES string of the molecule is COc1nc(NN)nc(N2CCC(CC(N)=O)CC2)n1. The van der Waals surface area contributed by atoms with Crippen LogP contribution in [0.25, 0.3) is 0 Å². The summed E-state index contributed by atoms with van der Waals surface area (Å²) in [6.07, 6.45) is 2.19. The highest BCUT2D eigenvalue weighted by Gasteiger charge is 2.23. The Bertz CT molecular complexity index is 452. The molecular formula is C11H19N7O2. The van der Waals surface area contributed by atoms with Crippen molar-refractivity contribution in [1.29, 1.82) is 0 Å². The minimum Gasteiger partial charge on any atom is -0.467 e. The number of carbonyl (C=O) groups is 1. The molecule has 0 saturated carbocycles. The van der Waals surface area contributed by atoms with Gasteiger partial charge in [-0.05, 0) is 18.8 Å². The van der Waals surface area contributed by atoms with Crippen LogP contribution in [0.4, 0.5) is 11.9 Å². The predicted molar refractivity (Wildman–Crippen MR) is 72.9 cm³/mol. The van der Waals surface area contributed by atoms with Crippen molar-refractivity contribution in [2.24, 2.45) is 17.5 Å². The van der Waals surface area contributed by atoms with Gasteiger partial charge in [0.05, 0.1) is 7.11 Å². The highest BCUT2D eigenvalue weighted by Crippen LogP contribution is 2.24. The molecule has 5 N–H and O–H groups in total. The molecule has 110 valence electrons. The Kier molecular flexibility index (Phi) is 4.51. The average Bonchev–Trinajstić information content (AvgIpc) is 2.46. The molecule has 0 unspecified atom stereocenters. The molecule has 1 aromatic rings. The van der Waals surface area contributed by atoms with E-state index in [1.165, 1.54) is 7.11 Å². The van der Waals surface area contributed by atoms with Gasteiger partial charge in [-0.1, -0.05) is 0 Å². The minimum absolute atomic E-state index is 0.210. The summed E-state index contributed by atoms with van der Waals surface area (Å²) < 4.78 is 5.02. The average molecular weight is 281 g/mol. The van der Waals surface area contributed by atoms with E-state index in [-0.39, 0.29) is 17.9 Å². The van der Waals surface area contributed by atoms with E-state index in [1.807, 2.05) is 4.90 Å². The number of primary amides is 1. The number of ether oxygens (including phenoxy) is 1. The van der Waals surface area contributed by atoms with Gasteiger partial charge >= 0.3 is 6.01 Å². The predicted octanol–water partition coefficient (Wildman–Crippen LogP) is -0.742. The Morgan fingerprint density at radius 2 is 2.10 bits per heavy atom. The van der Waals surface area contributed by atoms with Crippen LogP contribution in [0.2, 0.25) is 0 Å². The van der Waals surface area contributed by atoms with E-state index >= 15 is 0 Å². The van der Waals surface area contributed by atoms with Crippen LogP contribution in [0.1, 0.15) is 19.3 Å². The third-order valence-electron chi connectivity index (χ3n) is 3.30. The first-order valence-electron chi connectivity index (χ1n) is 6.42. The lowest BCUT2D eigenvalue weighted by molar-refractivity contribution is -0.119. The Balaban J connectivity index is 2.04. The number of hydrazine groups is 1. The maximum atomic E-state index is 10.9. The summed E-state index contributed by atoms with van der Waals surface area (Å²) in [5.74, 6) is 6.18. The highest BCUT2D eigenvalue weighted by atomic mass is 16.5. The number of nitrogens with two attached hydrogens (primary N) is 2. The van der Waals surface area contributed by atoms with Crippen molar-refractivity contribution in [3.05, 3.63) is 0 Å². The number of nitrogen functional groups attached to an aromatic ring is 1. The topological polar surface area (TPSA) is 132 Å². The number of anilines is 2.